The summed E-state index contributed by atoms with van der Waals surface area (Å²) in [5, 5.41) is 3.39. The summed E-state index contributed by atoms with van der Waals surface area (Å²) in [6.45, 7) is 4.32. The fraction of sp³-hybridized carbons (Fsp3) is 0.462. The molecule has 0 bridgehead atoms. The van der Waals surface area contributed by atoms with Gasteiger partial charge in [-0.05, 0) is 12.0 Å². The van der Waals surface area contributed by atoms with Gasteiger partial charge in [0.05, 0.1) is 6.54 Å². The average Bonchev–Trinajstić information content (AvgIpc) is 2.77. The van der Waals surface area contributed by atoms with E-state index < -0.39 is 0 Å². The molecule has 1 aliphatic heterocycles. The highest BCUT2D eigenvalue weighted by Crippen LogP contribution is 2.54. The van der Waals surface area contributed by atoms with Crippen molar-refractivity contribution in [2.75, 3.05) is 13.1 Å². The van der Waals surface area contributed by atoms with Crippen LogP contribution in [0.2, 0.25) is 0 Å². The summed E-state index contributed by atoms with van der Waals surface area (Å²) in [5.74, 6) is 1.86. The second kappa shape index (κ2) is 3.09. The molecule has 1 saturated carbocycles. The number of benzene rings is 1. The molecule has 1 aliphatic carbocycles. The number of nitrogens with zero attached hydrogens (tertiary/aromatic N) is 1. The van der Waals surface area contributed by atoms with E-state index >= 15 is 0 Å². The van der Waals surface area contributed by atoms with Crippen LogP contribution in [0.15, 0.2) is 35.3 Å². The number of hydrogen-bond donors (Lipinski definition) is 1. The van der Waals surface area contributed by atoms with Gasteiger partial charge >= 0.3 is 0 Å². The number of amidine groups is 1. The van der Waals surface area contributed by atoms with Crippen molar-refractivity contribution >= 4 is 5.84 Å². The summed E-state index contributed by atoms with van der Waals surface area (Å²) >= 11 is 0. The predicted octanol–water partition coefficient (Wildman–Crippen LogP) is 1.97. The van der Waals surface area contributed by atoms with Crippen molar-refractivity contribution in [2.45, 2.75) is 18.8 Å². The first-order chi connectivity index (χ1) is 7.31. The molecule has 0 amide bonds. The summed E-state index contributed by atoms with van der Waals surface area (Å²) in [6.07, 6.45) is 1.24. The third-order valence-electron chi connectivity index (χ3n) is 3.70. The van der Waals surface area contributed by atoms with Gasteiger partial charge in [0, 0.05) is 17.9 Å². The molecule has 2 unspecified atom stereocenters. The maximum absolute atomic E-state index is 4.52. The summed E-state index contributed by atoms with van der Waals surface area (Å²) in [7, 11) is 0. The van der Waals surface area contributed by atoms with E-state index in [2.05, 4.69) is 47.6 Å². The Bertz CT molecular complexity index is 396. The van der Waals surface area contributed by atoms with Gasteiger partial charge in [-0.1, -0.05) is 37.3 Å². The molecule has 1 aromatic carbocycles. The van der Waals surface area contributed by atoms with E-state index in [1.54, 1.807) is 0 Å². The molecule has 15 heavy (non-hydrogen) atoms. The largest absolute Gasteiger partial charge is 0.372 e. The summed E-state index contributed by atoms with van der Waals surface area (Å²) in [5.41, 5.74) is 1.78. The number of aliphatic imine (C=N–C) groups is 1. The van der Waals surface area contributed by atoms with Crippen molar-refractivity contribution < 1.29 is 0 Å². The van der Waals surface area contributed by atoms with Gasteiger partial charge in [-0.15, -0.1) is 0 Å². The minimum atomic E-state index is 0.331. The lowest BCUT2D eigenvalue weighted by molar-refractivity contribution is 0.743. The molecule has 1 heterocycles. The van der Waals surface area contributed by atoms with Crippen molar-refractivity contribution in [2.24, 2.45) is 10.9 Å². The lowest BCUT2D eigenvalue weighted by atomic mass is 9.95. The summed E-state index contributed by atoms with van der Waals surface area (Å²) in [6, 6.07) is 10.8. The summed E-state index contributed by atoms with van der Waals surface area (Å²) < 4.78 is 0. The van der Waals surface area contributed by atoms with Crippen LogP contribution >= 0.6 is 0 Å². The Morgan fingerprint density at radius 1 is 1.33 bits per heavy atom. The minimum absolute atomic E-state index is 0.331. The molecule has 78 valence electrons. The Hall–Kier alpha value is -1.31. The molecule has 2 nitrogen and oxygen atoms in total. The third kappa shape index (κ3) is 1.36. The van der Waals surface area contributed by atoms with Crippen molar-refractivity contribution in [1.29, 1.82) is 0 Å². The second-order valence-electron chi connectivity index (χ2n) is 4.73. The zero-order valence-corrected chi connectivity index (χ0v) is 9.03. The summed E-state index contributed by atoms with van der Waals surface area (Å²) in [4.78, 5) is 4.52. The van der Waals surface area contributed by atoms with Gasteiger partial charge < -0.3 is 5.32 Å². The van der Waals surface area contributed by atoms with Crippen LogP contribution in [0.5, 0.6) is 0 Å². The van der Waals surface area contributed by atoms with E-state index in [-0.39, 0.29) is 0 Å². The fourth-order valence-electron chi connectivity index (χ4n) is 2.55. The van der Waals surface area contributed by atoms with E-state index in [1.807, 2.05) is 0 Å². The molecule has 0 spiro atoms. The lowest BCUT2D eigenvalue weighted by Gasteiger charge is -2.11. The third-order valence-corrected chi connectivity index (χ3v) is 3.70. The molecule has 3 rings (SSSR count). The van der Waals surface area contributed by atoms with Crippen molar-refractivity contribution in [1.82, 2.24) is 5.32 Å². The SMILES string of the molecule is CC1(c2ccccc2)CC1C1=NCCN1. The van der Waals surface area contributed by atoms with Crippen LogP contribution in [0, 0.1) is 5.92 Å². The van der Waals surface area contributed by atoms with E-state index in [0.29, 0.717) is 11.3 Å². The number of rotatable bonds is 2. The van der Waals surface area contributed by atoms with Crippen LogP contribution in [0.25, 0.3) is 0 Å². The molecule has 1 N–H and O–H groups in total. The Morgan fingerprint density at radius 2 is 2.13 bits per heavy atom. The molecule has 2 atom stereocenters. The van der Waals surface area contributed by atoms with Gasteiger partial charge in [0.2, 0.25) is 0 Å². The Kier molecular flexibility index (Phi) is 1.84. The maximum Gasteiger partial charge on any atom is 0.100 e. The molecule has 0 radical (unpaired) electrons. The van der Waals surface area contributed by atoms with Gasteiger partial charge in [-0.2, -0.15) is 0 Å². The first kappa shape index (κ1) is 8.96. The second-order valence-corrected chi connectivity index (χ2v) is 4.73. The number of nitrogens with one attached hydrogen (secondary N) is 1. The van der Waals surface area contributed by atoms with Gasteiger partial charge in [0.15, 0.2) is 0 Å². The monoisotopic (exact) mass is 200 g/mol. The van der Waals surface area contributed by atoms with Crippen LogP contribution in [0.3, 0.4) is 0 Å². The minimum Gasteiger partial charge on any atom is -0.372 e. The highest BCUT2D eigenvalue weighted by molar-refractivity contribution is 5.90. The Balaban J connectivity index is 1.84. The molecule has 1 aromatic rings. The van der Waals surface area contributed by atoms with Gasteiger partial charge in [-0.3, -0.25) is 4.99 Å². The highest BCUT2D eigenvalue weighted by Gasteiger charge is 2.54. The van der Waals surface area contributed by atoms with E-state index in [4.69, 9.17) is 0 Å². The zero-order valence-electron chi connectivity index (χ0n) is 9.03. The van der Waals surface area contributed by atoms with Crippen LogP contribution in [-0.4, -0.2) is 18.9 Å². The standard InChI is InChI=1S/C13H16N2/c1-13(10-5-3-2-4-6-10)9-11(13)12-14-7-8-15-12/h2-6,11H,7-9H2,1H3,(H,14,15). The first-order valence-electron chi connectivity index (χ1n) is 5.64. The topological polar surface area (TPSA) is 24.4 Å². The van der Waals surface area contributed by atoms with Crippen LogP contribution < -0.4 is 5.32 Å². The van der Waals surface area contributed by atoms with E-state index in [1.165, 1.54) is 17.8 Å². The fourth-order valence-corrected chi connectivity index (χ4v) is 2.55. The molecule has 0 saturated heterocycles. The molecular weight excluding hydrogens is 184 g/mol. The Morgan fingerprint density at radius 3 is 2.80 bits per heavy atom. The lowest BCUT2D eigenvalue weighted by Crippen LogP contribution is -2.23. The molecule has 1 fully saturated rings. The highest BCUT2D eigenvalue weighted by atomic mass is 15.1. The molecular formula is C13H16N2. The maximum atomic E-state index is 4.52. The van der Waals surface area contributed by atoms with Crippen LogP contribution in [0.1, 0.15) is 18.9 Å². The quantitative estimate of drug-likeness (QED) is 0.775. The van der Waals surface area contributed by atoms with Gasteiger partial charge in [0.25, 0.3) is 0 Å². The molecule has 0 aromatic heterocycles. The number of hydrogen-bond acceptors (Lipinski definition) is 2. The average molecular weight is 200 g/mol. The van der Waals surface area contributed by atoms with Crippen LogP contribution in [-0.2, 0) is 5.41 Å². The van der Waals surface area contributed by atoms with Crippen LogP contribution in [0.4, 0.5) is 0 Å². The Labute approximate surface area is 90.4 Å². The van der Waals surface area contributed by atoms with Crippen molar-refractivity contribution in [3.63, 3.8) is 0 Å². The molecule has 2 heteroatoms. The smallest absolute Gasteiger partial charge is 0.100 e. The zero-order chi connectivity index (χ0) is 10.3. The van der Waals surface area contributed by atoms with E-state index in [0.717, 1.165) is 13.1 Å². The van der Waals surface area contributed by atoms with Gasteiger partial charge in [-0.25, -0.2) is 0 Å². The molecule has 2 aliphatic rings. The van der Waals surface area contributed by atoms with Crippen molar-refractivity contribution in [3.8, 4) is 0 Å². The van der Waals surface area contributed by atoms with Gasteiger partial charge in [0.1, 0.15) is 5.84 Å². The van der Waals surface area contributed by atoms with Crippen molar-refractivity contribution in [3.05, 3.63) is 35.9 Å². The first-order valence-corrected chi connectivity index (χ1v) is 5.64. The predicted molar refractivity (Wildman–Crippen MR) is 62.2 cm³/mol. The normalized spacial score (nSPS) is 33.4. The van der Waals surface area contributed by atoms with E-state index in [9.17, 15) is 0 Å².